The molecule has 0 amide bonds. The summed E-state index contributed by atoms with van der Waals surface area (Å²) >= 11 is 5.42. The second-order valence-electron chi connectivity index (χ2n) is 7.33. The van der Waals surface area contributed by atoms with Crippen LogP contribution < -0.4 is 5.32 Å². The summed E-state index contributed by atoms with van der Waals surface area (Å²) < 4.78 is 1.07. The molecule has 0 saturated carbocycles. The summed E-state index contributed by atoms with van der Waals surface area (Å²) in [5.41, 5.74) is 7.93. The van der Waals surface area contributed by atoms with E-state index >= 15 is 0 Å². The molecule has 1 N–H and O–H groups in total. The maximum Gasteiger partial charge on any atom is 0.0973 e. The van der Waals surface area contributed by atoms with Gasteiger partial charge in [0.1, 0.15) is 0 Å². The van der Waals surface area contributed by atoms with E-state index in [-0.39, 0.29) is 0 Å². The second-order valence-corrected chi connectivity index (χ2v) is 9.26. The Bertz CT molecular complexity index is 1450. The van der Waals surface area contributed by atoms with Crippen LogP contribution in [0, 0.1) is 0 Å². The summed E-state index contributed by atoms with van der Waals surface area (Å²) in [6.07, 6.45) is 0. The fourth-order valence-corrected chi connectivity index (χ4v) is 5.48. The van der Waals surface area contributed by atoms with Gasteiger partial charge in [0.05, 0.1) is 33.8 Å². The van der Waals surface area contributed by atoms with Crippen LogP contribution in [-0.2, 0) is 0 Å². The normalized spacial score (nSPS) is 12.2. The van der Waals surface area contributed by atoms with E-state index in [9.17, 15) is 0 Å². The molecular formula is C26H16BrN3S. The summed E-state index contributed by atoms with van der Waals surface area (Å²) in [5, 5.41) is 3.56. The molecule has 1 aliphatic rings. The fraction of sp³-hybridized carbons (Fsp3) is 0. The molecule has 31 heavy (non-hydrogen) atoms. The highest BCUT2D eigenvalue weighted by atomic mass is 79.9. The first-order chi connectivity index (χ1) is 15.3. The van der Waals surface area contributed by atoms with Crippen molar-refractivity contribution in [2.24, 2.45) is 0 Å². The van der Waals surface area contributed by atoms with Crippen LogP contribution in [-0.4, -0.2) is 9.97 Å². The predicted molar refractivity (Wildman–Crippen MR) is 132 cm³/mol. The number of aromatic nitrogens is 2. The zero-order valence-corrected chi connectivity index (χ0v) is 18.7. The number of benzene rings is 4. The molecule has 5 aromatic rings. The van der Waals surface area contributed by atoms with Crippen LogP contribution in [0.4, 0.5) is 11.4 Å². The summed E-state index contributed by atoms with van der Waals surface area (Å²) in [7, 11) is 0. The molecule has 3 nitrogen and oxygen atoms in total. The minimum absolute atomic E-state index is 0.897. The molecule has 4 aromatic carbocycles. The number of anilines is 2. The molecule has 0 aliphatic carbocycles. The first-order valence-corrected chi connectivity index (χ1v) is 11.6. The van der Waals surface area contributed by atoms with Crippen molar-refractivity contribution in [2.75, 3.05) is 5.32 Å². The van der Waals surface area contributed by atoms with Crippen molar-refractivity contribution in [3.8, 4) is 22.5 Å². The third-order valence-electron chi connectivity index (χ3n) is 5.33. The van der Waals surface area contributed by atoms with Gasteiger partial charge in [0.2, 0.25) is 0 Å². The molecule has 0 bridgehead atoms. The zero-order valence-electron chi connectivity index (χ0n) is 16.3. The SMILES string of the molecule is Brc1cccc2c1Nc1ccc(-c3nc4ccccc4nc3-c3ccccc3)cc1S2. The van der Waals surface area contributed by atoms with E-state index in [4.69, 9.17) is 9.97 Å². The van der Waals surface area contributed by atoms with Gasteiger partial charge in [-0.3, -0.25) is 0 Å². The average molecular weight is 482 g/mol. The Morgan fingerprint density at radius 2 is 1.35 bits per heavy atom. The first-order valence-electron chi connectivity index (χ1n) is 9.96. The van der Waals surface area contributed by atoms with E-state index < -0.39 is 0 Å². The molecule has 1 aliphatic heterocycles. The van der Waals surface area contributed by atoms with Gasteiger partial charge in [-0.05, 0) is 52.3 Å². The third-order valence-corrected chi connectivity index (χ3v) is 7.11. The Morgan fingerprint density at radius 1 is 0.645 bits per heavy atom. The Hall–Kier alpha value is -3.15. The lowest BCUT2D eigenvalue weighted by Crippen LogP contribution is -2.01. The van der Waals surface area contributed by atoms with Gasteiger partial charge in [-0.25, -0.2) is 9.97 Å². The van der Waals surface area contributed by atoms with Gasteiger partial charge >= 0.3 is 0 Å². The molecule has 0 spiro atoms. The zero-order chi connectivity index (χ0) is 20.8. The number of nitrogens with one attached hydrogen (secondary N) is 1. The van der Waals surface area contributed by atoms with Gasteiger partial charge in [-0.15, -0.1) is 0 Å². The summed E-state index contributed by atoms with van der Waals surface area (Å²) in [6.45, 7) is 0. The quantitative estimate of drug-likeness (QED) is 0.272. The maximum atomic E-state index is 5.03. The molecule has 148 valence electrons. The van der Waals surface area contributed by atoms with Crippen LogP contribution in [0.2, 0.25) is 0 Å². The van der Waals surface area contributed by atoms with Crippen molar-refractivity contribution in [3.63, 3.8) is 0 Å². The van der Waals surface area contributed by atoms with Crippen molar-refractivity contribution in [3.05, 3.63) is 95.5 Å². The number of hydrogen-bond donors (Lipinski definition) is 1. The fourth-order valence-electron chi connectivity index (χ4n) is 3.82. The topological polar surface area (TPSA) is 37.8 Å². The van der Waals surface area contributed by atoms with Gasteiger partial charge in [0.15, 0.2) is 0 Å². The van der Waals surface area contributed by atoms with Crippen LogP contribution in [0.15, 0.2) is 105 Å². The largest absolute Gasteiger partial charge is 0.353 e. The average Bonchev–Trinajstić information content (AvgIpc) is 2.82. The van der Waals surface area contributed by atoms with Gasteiger partial charge in [0.25, 0.3) is 0 Å². The van der Waals surface area contributed by atoms with Crippen LogP contribution in [0.1, 0.15) is 0 Å². The van der Waals surface area contributed by atoms with Crippen molar-refractivity contribution in [1.82, 2.24) is 9.97 Å². The van der Waals surface area contributed by atoms with Crippen molar-refractivity contribution < 1.29 is 0 Å². The second kappa shape index (κ2) is 7.52. The summed E-state index contributed by atoms with van der Waals surface area (Å²) in [5.74, 6) is 0. The summed E-state index contributed by atoms with van der Waals surface area (Å²) in [6, 6.07) is 31.0. The Balaban J connectivity index is 1.52. The lowest BCUT2D eigenvalue weighted by atomic mass is 10.0. The molecule has 5 heteroatoms. The standard InChI is InChI=1S/C26H16BrN3S/c27-18-9-6-12-22-26(18)30-21-14-13-17(15-23(21)31-22)25-24(16-7-2-1-3-8-16)28-19-10-4-5-11-20(19)29-25/h1-15,30H. The van der Waals surface area contributed by atoms with Crippen molar-refractivity contribution >= 4 is 50.1 Å². The van der Waals surface area contributed by atoms with E-state index in [1.807, 2.05) is 42.5 Å². The molecule has 2 heterocycles. The van der Waals surface area contributed by atoms with E-state index in [2.05, 4.69) is 69.8 Å². The molecule has 0 fully saturated rings. The number of hydrogen-bond acceptors (Lipinski definition) is 4. The lowest BCUT2D eigenvalue weighted by molar-refractivity contribution is 1.27. The number of para-hydroxylation sites is 3. The first kappa shape index (κ1) is 18.6. The maximum absolute atomic E-state index is 5.03. The van der Waals surface area contributed by atoms with Crippen LogP contribution >= 0.6 is 27.7 Å². The van der Waals surface area contributed by atoms with Crippen molar-refractivity contribution in [2.45, 2.75) is 9.79 Å². The van der Waals surface area contributed by atoms with Crippen molar-refractivity contribution in [1.29, 1.82) is 0 Å². The third kappa shape index (κ3) is 3.30. The molecular weight excluding hydrogens is 466 g/mol. The molecule has 6 rings (SSSR count). The highest BCUT2D eigenvalue weighted by Crippen LogP contribution is 2.48. The van der Waals surface area contributed by atoms with Crippen LogP contribution in [0.3, 0.4) is 0 Å². The molecule has 0 radical (unpaired) electrons. The predicted octanol–water partition coefficient (Wildman–Crippen LogP) is 7.93. The molecule has 0 saturated heterocycles. The smallest absolute Gasteiger partial charge is 0.0973 e. The minimum atomic E-state index is 0.897. The van der Waals surface area contributed by atoms with E-state index in [1.54, 1.807) is 11.8 Å². The van der Waals surface area contributed by atoms with Gasteiger partial charge in [0, 0.05) is 25.4 Å². The number of halogens is 1. The van der Waals surface area contributed by atoms with Gasteiger partial charge < -0.3 is 5.32 Å². The Labute approximate surface area is 192 Å². The van der Waals surface area contributed by atoms with E-state index in [0.29, 0.717) is 0 Å². The number of rotatable bonds is 2. The van der Waals surface area contributed by atoms with Gasteiger partial charge in [-0.1, -0.05) is 66.4 Å². The van der Waals surface area contributed by atoms with Gasteiger partial charge in [-0.2, -0.15) is 0 Å². The summed E-state index contributed by atoms with van der Waals surface area (Å²) in [4.78, 5) is 12.4. The molecule has 1 aromatic heterocycles. The monoisotopic (exact) mass is 481 g/mol. The van der Waals surface area contributed by atoms with E-state index in [1.165, 1.54) is 9.79 Å². The van der Waals surface area contributed by atoms with Crippen LogP contribution in [0.5, 0.6) is 0 Å². The number of fused-ring (bicyclic) bond motifs is 3. The minimum Gasteiger partial charge on any atom is -0.353 e. The molecule has 0 atom stereocenters. The lowest BCUT2D eigenvalue weighted by Gasteiger charge is -2.22. The highest BCUT2D eigenvalue weighted by Gasteiger charge is 2.20. The van der Waals surface area contributed by atoms with Crippen LogP contribution in [0.25, 0.3) is 33.5 Å². The van der Waals surface area contributed by atoms with E-state index in [0.717, 1.165) is 49.4 Å². The molecule has 0 unspecified atom stereocenters. The Morgan fingerprint density at radius 3 is 2.13 bits per heavy atom. The highest BCUT2D eigenvalue weighted by molar-refractivity contribution is 9.10. The Kier molecular flexibility index (Phi) is 4.51. The number of nitrogens with zero attached hydrogens (tertiary/aromatic N) is 2.